The van der Waals surface area contributed by atoms with Crippen molar-refractivity contribution < 1.29 is 0 Å². The van der Waals surface area contributed by atoms with Crippen LogP contribution in [0.4, 0.5) is 11.5 Å². The lowest BCUT2D eigenvalue weighted by Crippen LogP contribution is -1.97. The van der Waals surface area contributed by atoms with Crippen LogP contribution >= 0.6 is 0 Å². The molecule has 4 rings (SSSR count). The lowest BCUT2D eigenvalue weighted by Gasteiger charge is -2.06. The number of fused-ring (bicyclic) bond motifs is 1. The van der Waals surface area contributed by atoms with E-state index in [9.17, 15) is 0 Å². The van der Waals surface area contributed by atoms with E-state index in [0.717, 1.165) is 28.3 Å². The third-order valence-corrected chi connectivity index (χ3v) is 3.39. The first kappa shape index (κ1) is 12.5. The van der Waals surface area contributed by atoms with Gasteiger partial charge in [0.05, 0.1) is 6.20 Å². The molecular weight excluding hydrogens is 274 g/mol. The van der Waals surface area contributed by atoms with Crippen LogP contribution in [-0.2, 0) is 0 Å². The lowest BCUT2D eigenvalue weighted by atomic mass is 10.1. The van der Waals surface area contributed by atoms with E-state index in [1.54, 1.807) is 10.7 Å². The van der Waals surface area contributed by atoms with E-state index in [0.29, 0.717) is 0 Å². The van der Waals surface area contributed by atoms with Gasteiger partial charge in [-0.2, -0.15) is 5.10 Å². The van der Waals surface area contributed by atoms with Gasteiger partial charge in [-0.1, -0.05) is 24.3 Å². The molecule has 0 aliphatic heterocycles. The molecule has 4 aromatic rings. The summed E-state index contributed by atoms with van der Waals surface area (Å²) in [5, 5.41) is 7.64. The van der Waals surface area contributed by atoms with Crippen LogP contribution in [0.2, 0.25) is 0 Å². The molecule has 0 spiro atoms. The van der Waals surface area contributed by atoms with Crippen LogP contribution in [0.5, 0.6) is 0 Å². The van der Waals surface area contributed by atoms with Gasteiger partial charge in [0.2, 0.25) is 0 Å². The fourth-order valence-electron chi connectivity index (χ4n) is 2.33. The van der Waals surface area contributed by atoms with Gasteiger partial charge in [0, 0.05) is 35.4 Å². The highest BCUT2D eigenvalue weighted by atomic mass is 15.2. The first-order valence-corrected chi connectivity index (χ1v) is 6.97. The monoisotopic (exact) mass is 287 g/mol. The van der Waals surface area contributed by atoms with Gasteiger partial charge in [-0.15, -0.1) is 0 Å². The van der Waals surface area contributed by atoms with E-state index in [2.05, 4.69) is 20.4 Å². The van der Waals surface area contributed by atoms with Crippen molar-refractivity contribution in [3.63, 3.8) is 0 Å². The van der Waals surface area contributed by atoms with Crippen molar-refractivity contribution in [2.24, 2.45) is 0 Å². The Morgan fingerprint density at radius 2 is 1.82 bits per heavy atom. The fraction of sp³-hybridized carbons (Fsp3) is 0. The number of para-hydroxylation sites is 1. The summed E-state index contributed by atoms with van der Waals surface area (Å²) in [6.45, 7) is 0. The summed E-state index contributed by atoms with van der Waals surface area (Å²) < 4.78 is 1.76. The van der Waals surface area contributed by atoms with Crippen LogP contribution in [0.15, 0.2) is 73.3 Å². The van der Waals surface area contributed by atoms with Gasteiger partial charge in [0.15, 0.2) is 5.65 Å². The Morgan fingerprint density at radius 1 is 0.909 bits per heavy atom. The van der Waals surface area contributed by atoms with Gasteiger partial charge in [0.1, 0.15) is 5.82 Å². The van der Waals surface area contributed by atoms with Crippen molar-refractivity contribution in [1.82, 2.24) is 19.6 Å². The van der Waals surface area contributed by atoms with E-state index in [1.165, 1.54) is 0 Å². The van der Waals surface area contributed by atoms with Crippen LogP contribution in [0.1, 0.15) is 0 Å². The molecule has 0 saturated carbocycles. The summed E-state index contributed by atoms with van der Waals surface area (Å²) in [6, 6.07) is 15.8. The van der Waals surface area contributed by atoms with Gasteiger partial charge in [-0.3, -0.25) is 4.98 Å². The maximum atomic E-state index is 4.67. The normalized spacial score (nSPS) is 10.7. The zero-order valence-electron chi connectivity index (χ0n) is 11.7. The first-order valence-electron chi connectivity index (χ1n) is 6.97. The number of hydrogen-bond acceptors (Lipinski definition) is 4. The molecular formula is C17H13N5. The standard InChI is InChI=1S/C17H13N5/c1-2-6-14(7-3-1)20-16-8-10-22-17(21-16)15(12-19-22)13-5-4-9-18-11-13/h1-12H,(H,20,21). The number of aromatic nitrogens is 4. The van der Waals surface area contributed by atoms with Crippen molar-refractivity contribution in [3.05, 3.63) is 73.3 Å². The Bertz CT molecular complexity index is 900. The number of hydrogen-bond donors (Lipinski definition) is 1. The van der Waals surface area contributed by atoms with E-state index >= 15 is 0 Å². The predicted molar refractivity (Wildman–Crippen MR) is 85.9 cm³/mol. The van der Waals surface area contributed by atoms with E-state index in [1.807, 2.05) is 67.1 Å². The third-order valence-electron chi connectivity index (χ3n) is 3.39. The second-order valence-corrected chi connectivity index (χ2v) is 4.87. The smallest absolute Gasteiger partial charge is 0.165 e. The lowest BCUT2D eigenvalue weighted by molar-refractivity contribution is 0.941. The average Bonchev–Trinajstić information content (AvgIpc) is 3.00. The molecule has 0 bridgehead atoms. The molecule has 3 heterocycles. The maximum Gasteiger partial charge on any atom is 0.165 e. The number of rotatable bonds is 3. The van der Waals surface area contributed by atoms with Crippen LogP contribution in [0.25, 0.3) is 16.8 Å². The van der Waals surface area contributed by atoms with Crippen molar-refractivity contribution in [2.75, 3.05) is 5.32 Å². The van der Waals surface area contributed by atoms with Gasteiger partial charge in [0.25, 0.3) is 0 Å². The molecule has 0 radical (unpaired) electrons. The molecule has 0 amide bonds. The van der Waals surface area contributed by atoms with Gasteiger partial charge >= 0.3 is 0 Å². The molecule has 1 aromatic carbocycles. The average molecular weight is 287 g/mol. The molecule has 0 unspecified atom stereocenters. The largest absolute Gasteiger partial charge is 0.340 e. The van der Waals surface area contributed by atoms with Crippen molar-refractivity contribution in [2.45, 2.75) is 0 Å². The van der Waals surface area contributed by atoms with Gasteiger partial charge < -0.3 is 5.32 Å². The Balaban J connectivity index is 1.77. The summed E-state index contributed by atoms with van der Waals surface area (Å²) in [5.41, 5.74) is 3.77. The highest BCUT2D eigenvalue weighted by molar-refractivity contribution is 5.77. The molecule has 0 saturated heterocycles. The summed E-state index contributed by atoms with van der Waals surface area (Å²) in [4.78, 5) is 8.83. The highest BCUT2D eigenvalue weighted by Gasteiger charge is 2.09. The van der Waals surface area contributed by atoms with Crippen molar-refractivity contribution >= 4 is 17.2 Å². The van der Waals surface area contributed by atoms with Crippen LogP contribution in [0.3, 0.4) is 0 Å². The number of pyridine rings is 1. The van der Waals surface area contributed by atoms with Crippen LogP contribution < -0.4 is 5.32 Å². The number of anilines is 2. The van der Waals surface area contributed by atoms with E-state index in [-0.39, 0.29) is 0 Å². The highest BCUT2D eigenvalue weighted by Crippen LogP contribution is 2.23. The Labute approximate surface area is 127 Å². The minimum Gasteiger partial charge on any atom is -0.340 e. The zero-order chi connectivity index (χ0) is 14.8. The minimum atomic E-state index is 0.782. The topological polar surface area (TPSA) is 55.1 Å². The molecule has 0 aliphatic carbocycles. The second-order valence-electron chi connectivity index (χ2n) is 4.87. The first-order chi connectivity index (χ1) is 10.9. The molecule has 1 N–H and O–H groups in total. The third kappa shape index (κ3) is 2.29. The Hall–Kier alpha value is -3.21. The minimum absolute atomic E-state index is 0.782. The molecule has 3 aromatic heterocycles. The molecule has 106 valence electrons. The fourth-order valence-corrected chi connectivity index (χ4v) is 2.33. The maximum absolute atomic E-state index is 4.67. The summed E-state index contributed by atoms with van der Waals surface area (Å²) in [7, 11) is 0. The molecule has 0 fully saturated rings. The molecule has 0 atom stereocenters. The van der Waals surface area contributed by atoms with E-state index < -0.39 is 0 Å². The molecule has 0 aliphatic rings. The molecule has 5 heteroatoms. The summed E-state index contributed by atoms with van der Waals surface area (Å²) >= 11 is 0. The Morgan fingerprint density at radius 3 is 2.64 bits per heavy atom. The Kier molecular flexibility index (Phi) is 3.01. The van der Waals surface area contributed by atoms with E-state index in [4.69, 9.17) is 0 Å². The summed E-state index contributed by atoms with van der Waals surface area (Å²) in [5.74, 6) is 0.782. The summed E-state index contributed by atoms with van der Waals surface area (Å²) in [6.07, 6.45) is 7.28. The number of nitrogens with one attached hydrogen (secondary N) is 1. The van der Waals surface area contributed by atoms with Gasteiger partial charge in [-0.05, 0) is 24.3 Å². The van der Waals surface area contributed by atoms with Gasteiger partial charge in [-0.25, -0.2) is 9.50 Å². The van der Waals surface area contributed by atoms with Crippen LogP contribution in [-0.4, -0.2) is 19.6 Å². The SMILES string of the molecule is c1ccc(Nc2ccn3ncc(-c4cccnc4)c3n2)cc1. The number of nitrogens with zero attached hydrogens (tertiary/aromatic N) is 4. The number of benzene rings is 1. The molecule has 5 nitrogen and oxygen atoms in total. The molecule has 22 heavy (non-hydrogen) atoms. The van der Waals surface area contributed by atoms with Crippen molar-refractivity contribution in [3.8, 4) is 11.1 Å². The predicted octanol–water partition coefficient (Wildman–Crippen LogP) is 3.53. The van der Waals surface area contributed by atoms with Crippen molar-refractivity contribution in [1.29, 1.82) is 0 Å². The quantitative estimate of drug-likeness (QED) is 0.626. The van der Waals surface area contributed by atoms with Crippen LogP contribution in [0, 0.1) is 0 Å². The zero-order valence-corrected chi connectivity index (χ0v) is 11.7. The second kappa shape index (κ2) is 5.29.